The average Bonchev–Trinajstić information content (AvgIpc) is 3.28. The van der Waals surface area contributed by atoms with E-state index in [1.165, 1.54) is 4.88 Å². The molecule has 0 radical (unpaired) electrons. The maximum absolute atomic E-state index is 12.4. The summed E-state index contributed by atoms with van der Waals surface area (Å²) in [6.07, 6.45) is 3.46. The second-order valence-corrected chi connectivity index (χ2v) is 7.35. The lowest BCUT2D eigenvalue weighted by Gasteiger charge is -2.20. The molecule has 0 aliphatic heterocycles. The Hall–Kier alpha value is -2.70. The predicted octanol–water partition coefficient (Wildman–Crippen LogP) is 3.86. The van der Waals surface area contributed by atoms with Crippen molar-refractivity contribution in [2.75, 3.05) is 0 Å². The molecule has 26 heavy (non-hydrogen) atoms. The number of aryl methyl sites for hydroxylation is 1. The lowest BCUT2D eigenvalue weighted by Crippen LogP contribution is -2.24. The first kappa shape index (κ1) is 16.8. The summed E-state index contributed by atoms with van der Waals surface area (Å²) in [5.74, 6) is 0.898. The summed E-state index contributed by atoms with van der Waals surface area (Å²) in [6.45, 7) is 4.03. The number of fused-ring (bicyclic) bond motifs is 1. The molecule has 132 valence electrons. The van der Waals surface area contributed by atoms with E-state index in [2.05, 4.69) is 27.4 Å². The SMILES string of the molecule is Cc1ccn2c(=O)cc(CN(Cc3ccco3)Cc3cccs3)nc2c1. The molecule has 5 nitrogen and oxygen atoms in total. The van der Waals surface area contributed by atoms with Gasteiger partial charge in [-0.05, 0) is 48.2 Å². The zero-order chi connectivity index (χ0) is 17.9. The van der Waals surface area contributed by atoms with Crippen LogP contribution in [0.2, 0.25) is 0 Å². The van der Waals surface area contributed by atoms with Crippen molar-refractivity contribution in [3.05, 3.63) is 92.6 Å². The molecular formula is C20H19N3O2S. The van der Waals surface area contributed by atoms with Gasteiger partial charge in [0.25, 0.3) is 5.56 Å². The molecule has 0 aromatic carbocycles. The smallest absolute Gasteiger partial charge is 0.258 e. The van der Waals surface area contributed by atoms with Crippen LogP contribution in [0.25, 0.3) is 5.65 Å². The van der Waals surface area contributed by atoms with Crippen LogP contribution in [-0.2, 0) is 19.6 Å². The minimum atomic E-state index is -0.0564. The van der Waals surface area contributed by atoms with Gasteiger partial charge in [-0.3, -0.25) is 14.1 Å². The van der Waals surface area contributed by atoms with Crippen LogP contribution in [0.4, 0.5) is 0 Å². The van der Waals surface area contributed by atoms with Gasteiger partial charge < -0.3 is 4.42 Å². The Morgan fingerprint density at radius 1 is 1.15 bits per heavy atom. The van der Waals surface area contributed by atoms with E-state index in [4.69, 9.17) is 4.42 Å². The Balaban J connectivity index is 1.63. The molecule has 0 atom stereocenters. The summed E-state index contributed by atoms with van der Waals surface area (Å²) in [6, 6.07) is 13.5. The molecule has 0 unspecified atom stereocenters. The van der Waals surface area contributed by atoms with E-state index in [9.17, 15) is 4.79 Å². The van der Waals surface area contributed by atoms with Crippen molar-refractivity contribution >= 4 is 17.0 Å². The number of rotatable bonds is 6. The zero-order valence-corrected chi connectivity index (χ0v) is 15.3. The Morgan fingerprint density at radius 3 is 2.85 bits per heavy atom. The summed E-state index contributed by atoms with van der Waals surface area (Å²) < 4.78 is 7.08. The molecule has 0 aliphatic carbocycles. The van der Waals surface area contributed by atoms with E-state index in [0.29, 0.717) is 18.7 Å². The fourth-order valence-electron chi connectivity index (χ4n) is 2.98. The first-order chi connectivity index (χ1) is 12.7. The first-order valence-electron chi connectivity index (χ1n) is 8.43. The van der Waals surface area contributed by atoms with Crippen LogP contribution in [-0.4, -0.2) is 14.3 Å². The van der Waals surface area contributed by atoms with Gasteiger partial charge in [0.2, 0.25) is 0 Å². The lowest BCUT2D eigenvalue weighted by atomic mass is 10.2. The van der Waals surface area contributed by atoms with Gasteiger partial charge >= 0.3 is 0 Å². The fraction of sp³-hybridized carbons (Fsp3) is 0.200. The fourth-order valence-corrected chi connectivity index (χ4v) is 3.72. The Kier molecular flexibility index (Phi) is 4.69. The largest absolute Gasteiger partial charge is 0.468 e. The summed E-state index contributed by atoms with van der Waals surface area (Å²) >= 11 is 1.72. The summed E-state index contributed by atoms with van der Waals surface area (Å²) in [4.78, 5) is 20.6. The van der Waals surface area contributed by atoms with Gasteiger partial charge in [-0.2, -0.15) is 0 Å². The topological polar surface area (TPSA) is 50.8 Å². The normalized spacial score (nSPS) is 11.5. The molecule has 0 N–H and O–H groups in total. The van der Waals surface area contributed by atoms with Crippen molar-refractivity contribution in [3.8, 4) is 0 Å². The number of nitrogens with zero attached hydrogens (tertiary/aromatic N) is 3. The van der Waals surface area contributed by atoms with E-state index in [1.54, 1.807) is 34.3 Å². The Morgan fingerprint density at radius 2 is 2.08 bits per heavy atom. The minimum absolute atomic E-state index is 0.0564. The van der Waals surface area contributed by atoms with Crippen LogP contribution in [0.1, 0.15) is 21.9 Å². The van der Waals surface area contributed by atoms with E-state index in [-0.39, 0.29) is 5.56 Å². The average molecular weight is 365 g/mol. The third-order valence-corrected chi connectivity index (χ3v) is 5.04. The van der Waals surface area contributed by atoms with Crippen molar-refractivity contribution in [1.82, 2.24) is 14.3 Å². The van der Waals surface area contributed by atoms with Crippen molar-refractivity contribution in [3.63, 3.8) is 0 Å². The van der Waals surface area contributed by atoms with Crippen LogP contribution in [0.15, 0.2) is 69.5 Å². The number of aromatic nitrogens is 2. The summed E-state index contributed by atoms with van der Waals surface area (Å²) in [5.41, 5.74) is 2.48. The van der Waals surface area contributed by atoms with Gasteiger partial charge in [0.05, 0.1) is 18.5 Å². The molecule has 0 saturated heterocycles. The van der Waals surface area contributed by atoms with Crippen molar-refractivity contribution in [2.45, 2.75) is 26.6 Å². The van der Waals surface area contributed by atoms with Crippen LogP contribution >= 0.6 is 11.3 Å². The summed E-state index contributed by atoms with van der Waals surface area (Å²) in [5, 5.41) is 2.07. The molecule has 0 amide bonds. The Labute approximate surface area is 155 Å². The number of furan rings is 1. The van der Waals surface area contributed by atoms with Gasteiger partial charge in [-0.25, -0.2) is 4.98 Å². The van der Waals surface area contributed by atoms with Gasteiger partial charge in [0, 0.05) is 30.2 Å². The standard InChI is InChI=1S/C20H19N3O2S/c1-15-6-7-23-19(10-15)21-16(11-20(23)24)12-22(13-17-4-2-8-25-17)14-18-5-3-9-26-18/h2-11H,12-14H2,1H3. The highest BCUT2D eigenvalue weighted by Crippen LogP contribution is 2.17. The third-order valence-electron chi connectivity index (χ3n) is 4.18. The number of pyridine rings is 1. The monoisotopic (exact) mass is 365 g/mol. The van der Waals surface area contributed by atoms with Gasteiger partial charge in [0.1, 0.15) is 11.4 Å². The van der Waals surface area contributed by atoms with E-state index in [1.807, 2.05) is 31.2 Å². The van der Waals surface area contributed by atoms with E-state index >= 15 is 0 Å². The molecular weight excluding hydrogens is 346 g/mol. The van der Waals surface area contributed by atoms with Crippen LogP contribution in [0.5, 0.6) is 0 Å². The van der Waals surface area contributed by atoms with Crippen molar-refractivity contribution in [2.24, 2.45) is 0 Å². The maximum atomic E-state index is 12.4. The van der Waals surface area contributed by atoms with Gasteiger partial charge in [-0.15, -0.1) is 11.3 Å². The Bertz CT molecular complexity index is 1020. The third kappa shape index (κ3) is 3.76. The molecule has 4 aromatic heterocycles. The minimum Gasteiger partial charge on any atom is -0.468 e. The van der Waals surface area contributed by atoms with Crippen LogP contribution in [0, 0.1) is 6.92 Å². The lowest BCUT2D eigenvalue weighted by molar-refractivity contribution is 0.226. The maximum Gasteiger partial charge on any atom is 0.258 e. The van der Waals surface area contributed by atoms with Gasteiger partial charge in [-0.1, -0.05) is 6.07 Å². The van der Waals surface area contributed by atoms with Crippen molar-refractivity contribution < 1.29 is 4.42 Å². The predicted molar refractivity (Wildman–Crippen MR) is 102 cm³/mol. The highest BCUT2D eigenvalue weighted by Gasteiger charge is 2.13. The first-order valence-corrected chi connectivity index (χ1v) is 9.31. The number of hydrogen-bond donors (Lipinski definition) is 0. The molecule has 4 aromatic rings. The van der Waals surface area contributed by atoms with E-state index in [0.717, 1.165) is 23.6 Å². The van der Waals surface area contributed by atoms with Crippen molar-refractivity contribution in [1.29, 1.82) is 0 Å². The van der Waals surface area contributed by atoms with Gasteiger partial charge in [0.15, 0.2) is 0 Å². The molecule has 0 bridgehead atoms. The van der Waals surface area contributed by atoms with E-state index < -0.39 is 0 Å². The zero-order valence-electron chi connectivity index (χ0n) is 14.5. The summed E-state index contributed by atoms with van der Waals surface area (Å²) in [7, 11) is 0. The molecule has 0 saturated carbocycles. The molecule has 4 rings (SSSR count). The second kappa shape index (κ2) is 7.27. The quantitative estimate of drug-likeness (QED) is 0.521. The molecule has 0 aliphatic rings. The highest BCUT2D eigenvalue weighted by atomic mass is 32.1. The highest BCUT2D eigenvalue weighted by molar-refractivity contribution is 7.09. The number of hydrogen-bond acceptors (Lipinski definition) is 5. The van der Waals surface area contributed by atoms with Crippen LogP contribution in [0.3, 0.4) is 0 Å². The molecule has 0 fully saturated rings. The number of thiophene rings is 1. The second-order valence-electron chi connectivity index (χ2n) is 6.32. The molecule has 6 heteroatoms. The molecule has 4 heterocycles. The molecule has 0 spiro atoms. The van der Waals surface area contributed by atoms with Crippen LogP contribution < -0.4 is 5.56 Å².